The maximum atomic E-state index is 8.85. The van der Waals surface area contributed by atoms with E-state index in [0.29, 0.717) is 17.2 Å². The van der Waals surface area contributed by atoms with E-state index in [1.54, 1.807) is 36.0 Å². The molecule has 2 heterocycles. The molecule has 1 aromatic carbocycles. The second-order valence-corrected chi connectivity index (χ2v) is 4.84. The van der Waals surface area contributed by atoms with Gasteiger partial charge in [-0.3, -0.25) is 4.99 Å². The molecule has 3 aromatic rings. The summed E-state index contributed by atoms with van der Waals surface area (Å²) in [5.41, 5.74) is 2.46. The Kier molecular flexibility index (Phi) is 4.54. The van der Waals surface area contributed by atoms with Gasteiger partial charge in [0.2, 0.25) is 0 Å². The van der Waals surface area contributed by atoms with Crippen LogP contribution < -0.4 is 9.47 Å². The third kappa shape index (κ3) is 3.67. The molecular formula is C17H17N3O3. The quantitative estimate of drug-likeness (QED) is 0.710. The van der Waals surface area contributed by atoms with E-state index in [-0.39, 0.29) is 13.2 Å². The van der Waals surface area contributed by atoms with E-state index in [4.69, 9.17) is 14.6 Å². The van der Waals surface area contributed by atoms with E-state index in [2.05, 4.69) is 10.1 Å². The number of pyridine rings is 1. The third-order valence-corrected chi connectivity index (χ3v) is 3.20. The lowest BCUT2D eigenvalue weighted by Gasteiger charge is -2.07. The Morgan fingerprint density at radius 2 is 2.09 bits per heavy atom. The first-order valence-corrected chi connectivity index (χ1v) is 7.20. The zero-order chi connectivity index (χ0) is 16.1. The van der Waals surface area contributed by atoms with Crippen LogP contribution in [0.2, 0.25) is 0 Å². The summed E-state index contributed by atoms with van der Waals surface area (Å²) < 4.78 is 12.4. The molecule has 0 bridgehead atoms. The van der Waals surface area contributed by atoms with Gasteiger partial charge in [-0.05, 0) is 18.2 Å². The lowest BCUT2D eigenvalue weighted by Crippen LogP contribution is -2.01. The van der Waals surface area contributed by atoms with E-state index in [9.17, 15) is 0 Å². The van der Waals surface area contributed by atoms with Crippen molar-refractivity contribution in [1.82, 2.24) is 9.61 Å². The summed E-state index contributed by atoms with van der Waals surface area (Å²) in [5, 5.41) is 13.3. The second kappa shape index (κ2) is 6.93. The number of ether oxygens (including phenoxy) is 2. The summed E-state index contributed by atoms with van der Waals surface area (Å²) in [6, 6.07) is 13.2. The molecule has 1 N–H and O–H groups in total. The van der Waals surface area contributed by atoms with Crippen LogP contribution in [0, 0.1) is 0 Å². The maximum absolute atomic E-state index is 8.85. The van der Waals surface area contributed by atoms with Crippen LogP contribution in [0.1, 0.15) is 5.69 Å². The Morgan fingerprint density at radius 1 is 1.22 bits per heavy atom. The molecule has 0 amide bonds. The van der Waals surface area contributed by atoms with Crippen molar-refractivity contribution in [1.29, 1.82) is 0 Å². The lowest BCUT2D eigenvalue weighted by atomic mass is 10.3. The minimum Gasteiger partial charge on any atom is -0.497 e. The normalized spacial score (nSPS) is 11.2. The third-order valence-electron chi connectivity index (χ3n) is 3.20. The van der Waals surface area contributed by atoms with E-state index in [0.717, 1.165) is 11.2 Å². The lowest BCUT2D eigenvalue weighted by molar-refractivity contribution is 0.201. The van der Waals surface area contributed by atoms with Gasteiger partial charge in [0.05, 0.1) is 31.1 Å². The van der Waals surface area contributed by atoms with Gasteiger partial charge in [-0.15, -0.1) is 0 Å². The van der Waals surface area contributed by atoms with Gasteiger partial charge in [-0.25, -0.2) is 4.52 Å². The highest BCUT2D eigenvalue weighted by Crippen LogP contribution is 2.27. The second-order valence-electron chi connectivity index (χ2n) is 4.84. The average Bonchev–Trinajstić information content (AvgIpc) is 3.01. The van der Waals surface area contributed by atoms with Crippen LogP contribution in [0.4, 0.5) is 5.69 Å². The van der Waals surface area contributed by atoms with Gasteiger partial charge >= 0.3 is 0 Å². The number of nitrogens with zero attached hydrogens (tertiary/aromatic N) is 3. The number of aliphatic imine (C=N–C) groups is 1. The molecule has 0 fully saturated rings. The number of hydrogen-bond donors (Lipinski definition) is 1. The van der Waals surface area contributed by atoms with Gasteiger partial charge in [-0.1, -0.05) is 6.07 Å². The monoisotopic (exact) mass is 311 g/mol. The first kappa shape index (κ1) is 15.1. The molecule has 0 aliphatic rings. The van der Waals surface area contributed by atoms with Gasteiger partial charge in [0.1, 0.15) is 23.8 Å². The molecule has 0 saturated carbocycles. The van der Waals surface area contributed by atoms with Crippen LogP contribution in [-0.4, -0.2) is 41.3 Å². The number of aliphatic hydroxyl groups excluding tert-OH is 1. The first-order chi connectivity index (χ1) is 11.3. The van der Waals surface area contributed by atoms with Crippen molar-refractivity contribution < 1.29 is 14.6 Å². The highest BCUT2D eigenvalue weighted by Gasteiger charge is 2.03. The Balaban J connectivity index is 1.85. The summed E-state index contributed by atoms with van der Waals surface area (Å²) in [6.45, 7) is 0.180. The summed E-state index contributed by atoms with van der Waals surface area (Å²) in [5.74, 6) is 1.24. The van der Waals surface area contributed by atoms with Crippen molar-refractivity contribution in [2.24, 2.45) is 4.99 Å². The average molecular weight is 311 g/mol. The highest BCUT2D eigenvalue weighted by molar-refractivity contribution is 5.81. The molecule has 0 unspecified atom stereocenters. The van der Waals surface area contributed by atoms with Crippen LogP contribution in [0.25, 0.3) is 5.52 Å². The largest absolute Gasteiger partial charge is 0.497 e. The van der Waals surface area contributed by atoms with Crippen LogP contribution in [-0.2, 0) is 0 Å². The predicted molar refractivity (Wildman–Crippen MR) is 88.0 cm³/mol. The number of rotatable bonds is 6. The molecule has 6 heteroatoms. The first-order valence-electron chi connectivity index (χ1n) is 7.20. The molecule has 0 aliphatic carbocycles. The Bertz CT molecular complexity index is 794. The predicted octanol–water partition coefficient (Wildman–Crippen LogP) is 2.46. The van der Waals surface area contributed by atoms with Gasteiger partial charge in [0.15, 0.2) is 0 Å². The van der Waals surface area contributed by atoms with Crippen molar-refractivity contribution in [3.63, 3.8) is 0 Å². The van der Waals surface area contributed by atoms with Crippen molar-refractivity contribution in [3.05, 3.63) is 54.4 Å². The zero-order valence-corrected chi connectivity index (χ0v) is 12.7. The van der Waals surface area contributed by atoms with Crippen molar-refractivity contribution >= 4 is 17.4 Å². The molecule has 2 aromatic heterocycles. The maximum Gasteiger partial charge on any atom is 0.125 e. The van der Waals surface area contributed by atoms with E-state index in [1.807, 2.05) is 30.5 Å². The van der Waals surface area contributed by atoms with Crippen molar-refractivity contribution in [3.8, 4) is 11.5 Å². The summed E-state index contributed by atoms with van der Waals surface area (Å²) in [7, 11) is 1.58. The molecule has 6 nitrogen and oxygen atoms in total. The summed E-state index contributed by atoms with van der Waals surface area (Å²) >= 11 is 0. The van der Waals surface area contributed by atoms with Gasteiger partial charge in [0, 0.05) is 24.4 Å². The fraction of sp³-hybridized carbons (Fsp3) is 0.176. The molecule has 0 atom stereocenters. The Hall–Kier alpha value is -2.86. The fourth-order valence-electron chi connectivity index (χ4n) is 2.16. The standard InChI is InChI=1S/C17H17N3O3/c1-22-16-9-13(10-17(11-16)23-7-6-21)18-12-14-8-15-4-2-3-5-20(15)19-14/h2-5,8-12,21H,6-7H2,1H3/b18-12+. The highest BCUT2D eigenvalue weighted by atomic mass is 16.5. The summed E-state index contributed by atoms with van der Waals surface area (Å²) in [6.07, 6.45) is 3.58. The van der Waals surface area contributed by atoms with E-state index in [1.165, 1.54) is 0 Å². The summed E-state index contributed by atoms with van der Waals surface area (Å²) in [4.78, 5) is 4.43. The van der Waals surface area contributed by atoms with Crippen LogP contribution >= 0.6 is 0 Å². The molecule has 3 rings (SSSR count). The topological polar surface area (TPSA) is 68.4 Å². The molecule has 23 heavy (non-hydrogen) atoms. The number of aromatic nitrogens is 2. The number of fused-ring (bicyclic) bond motifs is 1. The van der Waals surface area contributed by atoms with Crippen LogP contribution in [0.5, 0.6) is 11.5 Å². The van der Waals surface area contributed by atoms with Crippen LogP contribution in [0.15, 0.2) is 53.7 Å². The SMILES string of the molecule is COc1cc(/N=C/c2cc3ccccn3n2)cc(OCCO)c1. The fourth-order valence-corrected chi connectivity index (χ4v) is 2.16. The van der Waals surface area contributed by atoms with Gasteiger partial charge < -0.3 is 14.6 Å². The molecular weight excluding hydrogens is 294 g/mol. The van der Waals surface area contributed by atoms with Gasteiger partial charge in [0.25, 0.3) is 0 Å². The molecule has 0 aliphatic heterocycles. The molecule has 0 radical (unpaired) electrons. The van der Waals surface area contributed by atoms with E-state index < -0.39 is 0 Å². The molecule has 0 saturated heterocycles. The Labute approximate surface area is 133 Å². The van der Waals surface area contributed by atoms with Crippen molar-refractivity contribution in [2.45, 2.75) is 0 Å². The minimum atomic E-state index is -0.0446. The van der Waals surface area contributed by atoms with Crippen molar-refractivity contribution in [2.75, 3.05) is 20.3 Å². The number of aliphatic hydroxyl groups is 1. The molecule has 0 spiro atoms. The van der Waals surface area contributed by atoms with E-state index >= 15 is 0 Å². The Morgan fingerprint density at radius 3 is 2.87 bits per heavy atom. The number of hydrogen-bond acceptors (Lipinski definition) is 5. The van der Waals surface area contributed by atoms with Gasteiger partial charge in [-0.2, -0.15) is 5.10 Å². The number of benzene rings is 1. The molecule has 118 valence electrons. The zero-order valence-electron chi connectivity index (χ0n) is 12.7. The minimum absolute atomic E-state index is 0.0446. The smallest absolute Gasteiger partial charge is 0.125 e. The van der Waals surface area contributed by atoms with Crippen LogP contribution in [0.3, 0.4) is 0 Å². The number of methoxy groups -OCH3 is 1.